The number of aryl methyl sites for hydroxylation is 1. The number of nitrogens with zero attached hydrogens (tertiary/aromatic N) is 2. The smallest absolute Gasteiger partial charge is 0.0962 e. The quantitative estimate of drug-likeness (QED) is 0.818. The first kappa shape index (κ1) is 14.2. The number of nitriles is 1. The van der Waals surface area contributed by atoms with Crippen LogP contribution in [-0.4, -0.2) is 4.98 Å². The molecule has 0 saturated carbocycles. The van der Waals surface area contributed by atoms with E-state index in [0.29, 0.717) is 11.5 Å². The van der Waals surface area contributed by atoms with Crippen LogP contribution in [0, 0.1) is 24.2 Å². The second-order valence-corrected chi connectivity index (χ2v) is 5.08. The van der Waals surface area contributed by atoms with Crippen molar-refractivity contribution in [1.82, 2.24) is 4.98 Å². The van der Waals surface area contributed by atoms with E-state index in [-0.39, 0.29) is 0 Å². The molecule has 0 spiro atoms. The summed E-state index contributed by atoms with van der Waals surface area (Å²) in [4.78, 5) is 4.45. The first-order valence-electron chi connectivity index (χ1n) is 6.24. The van der Waals surface area contributed by atoms with Gasteiger partial charge in [-0.1, -0.05) is 13.8 Å². The molecule has 0 amide bonds. The Morgan fingerprint density at radius 2 is 2.11 bits per heavy atom. The molecule has 1 heterocycles. The van der Waals surface area contributed by atoms with Crippen LogP contribution in [0.4, 0.5) is 5.69 Å². The van der Waals surface area contributed by atoms with Gasteiger partial charge in [0.25, 0.3) is 0 Å². The van der Waals surface area contributed by atoms with Gasteiger partial charge >= 0.3 is 0 Å². The van der Waals surface area contributed by atoms with E-state index in [1.165, 1.54) is 0 Å². The molecule has 1 aromatic rings. The highest BCUT2D eigenvalue weighted by Crippen LogP contribution is 2.18. The van der Waals surface area contributed by atoms with Gasteiger partial charge in [-0.05, 0) is 44.7 Å². The third kappa shape index (κ3) is 3.89. The molecule has 1 aromatic heterocycles. The Bertz CT molecular complexity index is 493. The normalized spacial score (nSPS) is 12.1. The Hall–Kier alpha value is -1.82. The predicted octanol–water partition coefficient (Wildman–Crippen LogP) is 3.82. The SMILES string of the molecule is C/C(C#N)=C(/C)Nc1cnc(CC(C)C)cc1C. The fourth-order valence-electron chi connectivity index (χ4n) is 1.65. The zero-order valence-corrected chi connectivity index (χ0v) is 11.8. The van der Waals surface area contributed by atoms with Gasteiger partial charge in [-0.15, -0.1) is 0 Å². The zero-order valence-electron chi connectivity index (χ0n) is 11.8. The Labute approximate surface area is 110 Å². The summed E-state index contributed by atoms with van der Waals surface area (Å²) in [5.74, 6) is 0.609. The van der Waals surface area contributed by atoms with Crippen LogP contribution in [0.1, 0.15) is 39.0 Å². The molecule has 0 aliphatic rings. The second kappa shape index (κ2) is 6.20. The number of nitrogens with one attached hydrogen (secondary N) is 1. The van der Waals surface area contributed by atoms with Crippen molar-refractivity contribution in [3.8, 4) is 6.07 Å². The van der Waals surface area contributed by atoms with Crippen LogP contribution in [0.5, 0.6) is 0 Å². The number of aromatic nitrogens is 1. The highest BCUT2D eigenvalue weighted by Gasteiger charge is 2.05. The lowest BCUT2D eigenvalue weighted by Gasteiger charge is -2.12. The third-order valence-corrected chi connectivity index (χ3v) is 2.84. The van der Waals surface area contributed by atoms with Gasteiger partial charge in [-0.3, -0.25) is 4.98 Å². The van der Waals surface area contributed by atoms with Crippen molar-refractivity contribution in [2.24, 2.45) is 5.92 Å². The van der Waals surface area contributed by atoms with E-state index < -0.39 is 0 Å². The van der Waals surface area contributed by atoms with Gasteiger partial charge in [0.15, 0.2) is 0 Å². The first-order chi connectivity index (χ1) is 8.43. The van der Waals surface area contributed by atoms with Gasteiger partial charge in [0.05, 0.1) is 18.0 Å². The second-order valence-electron chi connectivity index (χ2n) is 5.08. The molecule has 0 saturated heterocycles. The molecule has 0 radical (unpaired) electrons. The lowest BCUT2D eigenvalue weighted by molar-refractivity contribution is 0.635. The minimum Gasteiger partial charge on any atom is -0.357 e. The van der Waals surface area contributed by atoms with E-state index in [2.05, 4.69) is 43.2 Å². The Kier molecular flexibility index (Phi) is 4.91. The standard InChI is InChI=1S/C15H21N3/c1-10(2)6-14-7-11(3)15(9-17-14)18-13(5)12(4)8-16/h7,9-10,18H,6H2,1-5H3/b13-12+. The summed E-state index contributed by atoms with van der Waals surface area (Å²) < 4.78 is 0. The van der Waals surface area contributed by atoms with Gasteiger partial charge in [0, 0.05) is 17.0 Å². The maximum absolute atomic E-state index is 8.83. The highest BCUT2D eigenvalue weighted by atomic mass is 14.9. The fraction of sp³-hybridized carbons (Fsp3) is 0.467. The zero-order chi connectivity index (χ0) is 13.7. The first-order valence-corrected chi connectivity index (χ1v) is 6.24. The summed E-state index contributed by atoms with van der Waals surface area (Å²) in [7, 11) is 0. The Morgan fingerprint density at radius 3 is 2.61 bits per heavy atom. The van der Waals surface area contributed by atoms with E-state index >= 15 is 0 Å². The average Bonchev–Trinajstić information content (AvgIpc) is 2.30. The van der Waals surface area contributed by atoms with Crippen LogP contribution in [0.3, 0.4) is 0 Å². The van der Waals surface area contributed by atoms with Crippen molar-refractivity contribution in [2.45, 2.75) is 41.0 Å². The maximum Gasteiger partial charge on any atom is 0.0962 e. The number of hydrogen-bond donors (Lipinski definition) is 1. The number of anilines is 1. The van der Waals surface area contributed by atoms with Gasteiger partial charge in [-0.2, -0.15) is 5.26 Å². The molecule has 96 valence electrons. The van der Waals surface area contributed by atoms with Crippen LogP contribution in [0.15, 0.2) is 23.5 Å². The van der Waals surface area contributed by atoms with Crippen LogP contribution in [0.2, 0.25) is 0 Å². The van der Waals surface area contributed by atoms with Crippen molar-refractivity contribution in [3.05, 3.63) is 34.8 Å². The lowest BCUT2D eigenvalue weighted by atomic mass is 10.1. The van der Waals surface area contributed by atoms with Crippen molar-refractivity contribution in [3.63, 3.8) is 0 Å². The number of pyridine rings is 1. The summed E-state index contributed by atoms with van der Waals surface area (Å²) in [6, 6.07) is 4.25. The molecule has 1 N–H and O–H groups in total. The van der Waals surface area contributed by atoms with E-state index in [4.69, 9.17) is 5.26 Å². The summed E-state index contributed by atoms with van der Waals surface area (Å²) in [6.07, 6.45) is 2.84. The van der Waals surface area contributed by atoms with Crippen molar-refractivity contribution >= 4 is 5.69 Å². The molecule has 0 unspecified atom stereocenters. The topological polar surface area (TPSA) is 48.7 Å². The molecule has 1 rings (SSSR count). The van der Waals surface area contributed by atoms with E-state index in [1.807, 2.05) is 13.1 Å². The van der Waals surface area contributed by atoms with E-state index in [1.54, 1.807) is 6.92 Å². The molecule has 0 atom stereocenters. The van der Waals surface area contributed by atoms with Gasteiger partial charge in [0.2, 0.25) is 0 Å². The third-order valence-electron chi connectivity index (χ3n) is 2.84. The van der Waals surface area contributed by atoms with E-state index in [0.717, 1.165) is 29.1 Å². The predicted molar refractivity (Wildman–Crippen MR) is 75.1 cm³/mol. The van der Waals surface area contributed by atoms with Gasteiger partial charge in [0.1, 0.15) is 0 Å². The molecule has 18 heavy (non-hydrogen) atoms. The lowest BCUT2D eigenvalue weighted by Crippen LogP contribution is -2.03. The highest BCUT2D eigenvalue weighted by molar-refractivity contribution is 5.54. The van der Waals surface area contributed by atoms with Crippen LogP contribution >= 0.6 is 0 Å². The largest absolute Gasteiger partial charge is 0.357 e. The molecule has 0 aliphatic carbocycles. The van der Waals surface area contributed by atoms with Crippen LogP contribution < -0.4 is 5.32 Å². The monoisotopic (exact) mass is 243 g/mol. The molecule has 0 aromatic carbocycles. The Balaban J connectivity index is 2.91. The molecule has 0 fully saturated rings. The molecular formula is C15H21N3. The van der Waals surface area contributed by atoms with Crippen LogP contribution in [0.25, 0.3) is 0 Å². The minimum atomic E-state index is 0.609. The van der Waals surface area contributed by atoms with Crippen molar-refractivity contribution < 1.29 is 0 Å². The molecule has 0 bridgehead atoms. The number of hydrogen-bond acceptors (Lipinski definition) is 3. The fourth-order valence-corrected chi connectivity index (χ4v) is 1.65. The summed E-state index contributed by atoms with van der Waals surface area (Å²) in [5, 5.41) is 12.1. The van der Waals surface area contributed by atoms with Crippen LogP contribution in [-0.2, 0) is 6.42 Å². The Morgan fingerprint density at radius 1 is 1.44 bits per heavy atom. The average molecular weight is 243 g/mol. The molecule has 3 heteroatoms. The van der Waals surface area contributed by atoms with Gasteiger partial charge < -0.3 is 5.32 Å². The number of rotatable bonds is 4. The molecular weight excluding hydrogens is 222 g/mol. The maximum atomic E-state index is 8.83. The van der Waals surface area contributed by atoms with Crippen molar-refractivity contribution in [1.29, 1.82) is 5.26 Å². The molecule has 3 nitrogen and oxygen atoms in total. The summed E-state index contributed by atoms with van der Waals surface area (Å²) in [5.41, 5.74) is 4.81. The summed E-state index contributed by atoms with van der Waals surface area (Å²) in [6.45, 7) is 10.1. The van der Waals surface area contributed by atoms with E-state index in [9.17, 15) is 0 Å². The number of allylic oxidation sites excluding steroid dienone is 2. The van der Waals surface area contributed by atoms with Crippen molar-refractivity contribution in [2.75, 3.05) is 5.32 Å². The summed E-state index contributed by atoms with van der Waals surface area (Å²) >= 11 is 0. The minimum absolute atomic E-state index is 0.609. The molecule has 0 aliphatic heterocycles. The van der Waals surface area contributed by atoms with Gasteiger partial charge in [-0.25, -0.2) is 0 Å².